The Hall–Kier alpha value is 0.170. The van der Waals surface area contributed by atoms with Gasteiger partial charge in [0.05, 0.1) is 27.2 Å². The van der Waals surface area contributed by atoms with Gasteiger partial charge in [0.25, 0.3) is 0 Å². The molecule has 0 rings (SSSR count). The minimum absolute atomic E-state index is 0. The monoisotopic (exact) mass is 196 g/mol. The number of quaternary nitrogens is 1. The molecule has 0 saturated carbocycles. The summed E-state index contributed by atoms with van der Waals surface area (Å²) in [6.07, 6.45) is 1.95. The van der Waals surface area contributed by atoms with Gasteiger partial charge in [0, 0.05) is 19.4 Å². The molecule has 3 N–H and O–H groups in total. The molecule has 0 aliphatic heterocycles. The lowest BCUT2D eigenvalue weighted by atomic mass is 10.3. The second kappa shape index (κ2) is 7.80. The van der Waals surface area contributed by atoms with Crippen LogP contribution in [0.2, 0.25) is 0 Å². The SMILES string of the molecule is C[N+](C)(CCCN)CCCO.[Cl-]. The van der Waals surface area contributed by atoms with Crippen LogP contribution in [-0.2, 0) is 0 Å². The van der Waals surface area contributed by atoms with E-state index in [9.17, 15) is 0 Å². The Morgan fingerprint density at radius 1 is 1.17 bits per heavy atom. The molecule has 0 fully saturated rings. The molecule has 0 spiro atoms. The van der Waals surface area contributed by atoms with Gasteiger partial charge >= 0.3 is 0 Å². The fourth-order valence-corrected chi connectivity index (χ4v) is 1.13. The van der Waals surface area contributed by atoms with E-state index in [4.69, 9.17) is 10.8 Å². The lowest BCUT2D eigenvalue weighted by Crippen LogP contribution is -3.00. The van der Waals surface area contributed by atoms with Crippen LogP contribution in [0, 0.1) is 0 Å². The molecular weight excluding hydrogens is 176 g/mol. The maximum absolute atomic E-state index is 8.62. The molecule has 0 atom stereocenters. The van der Waals surface area contributed by atoms with Gasteiger partial charge in [-0.2, -0.15) is 0 Å². The zero-order chi connectivity index (χ0) is 8.74. The molecular formula is C8H21ClN2O. The zero-order valence-corrected chi connectivity index (χ0v) is 8.85. The number of halogens is 1. The van der Waals surface area contributed by atoms with Gasteiger partial charge in [-0.25, -0.2) is 0 Å². The number of aliphatic hydroxyl groups is 1. The topological polar surface area (TPSA) is 46.2 Å². The molecule has 0 heterocycles. The van der Waals surface area contributed by atoms with Crippen molar-refractivity contribution in [2.75, 3.05) is 40.3 Å². The van der Waals surface area contributed by atoms with Crippen molar-refractivity contribution in [3.63, 3.8) is 0 Å². The highest BCUT2D eigenvalue weighted by Gasteiger charge is 2.12. The van der Waals surface area contributed by atoms with Crippen LogP contribution in [0.15, 0.2) is 0 Å². The largest absolute Gasteiger partial charge is 1.00 e. The van der Waals surface area contributed by atoms with Crippen molar-refractivity contribution in [2.24, 2.45) is 5.73 Å². The van der Waals surface area contributed by atoms with Crippen molar-refractivity contribution in [2.45, 2.75) is 12.8 Å². The minimum atomic E-state index is 0. The minimum Gasteiger partial charge on any atom is -1.00 e. The van der Waals surface area contributed by atoms with Crippen LogP contribution < -0.4 is 18.1 Å². The predicted molar refractivity (Wildman–Crippen MR) is 47.2 cm³/mol. The first-order valence-corrected chi connectivity index (χ1v) is 4.25. The Kier molecular flexibility index (Phi) is 9.54. The second-order valence-corrected chi connectivity index (χ2v) is 3.60. The summed E-state index contributed by atoms with van der Waals surface area (Å²) >= 11 is 0. The molecule has 0 saturated heterocycles. The molecule has 3 nitrogen and oxygen atoms in total. The maximum Gasteiger partial charge on any atom is 0.0804 e. The first kappa shape index (κ1) is 14.7. The molecule has 4 heteroatoms. The van der Waals surface area contributed by atoms with E-state index in [0.717, 1.165) is 37.0 Å². The maximum atomic E-state index is 8.62. The molecule has 0 aromatic carbocycles. The summed E-state index contributed by atoms with van der Waals surface area (Å²) in [5.41, 5.74) is 5.40. The normalized spacial score (nSPS) is 11.0. The van der Waals surface area contributed by atoms with Crippen LogP contribution in [0.5, 0.6) is 0 Å². The van der Waals surface area contributed by atoms with Crippen molar-refractivity contribution in [3.05, 3.63) is 0 Å². The third-order valence-corrected chi connectivity index (χ3v) is 1.89. The fourth-order valence-electron chi connectivity index (χ4n) is 1.13. The van der Waals surface area contributed by atoms with Crippen LogP contribution in [0.1, 0.15) is 12.8 Å². The van der Waals surface area contributed by atoms with Gasteiger partial charge in [-0.1, -0.05) is 0 Å². The summed E-state index contributed by atoms with van der Waals surface area (Å²) < 4.78 is 0.970. The highest BCUT2D eigenvalue weighted by Crippen LogP contribution is 1.99. The quantitative estimate of drug-likeness (QED) is 0.440. The van der Waals surface area contributed by atoms with Crippen molar-refractivity contribution in [1.29, 1.82) is 0 Å². The first-order chi connectivity index (χ1) is 5.12. The Morgan fingerprint density at radius 3 is 2.08 bits per heavy atom. The summed E-state index contributed by atoms with van der Waals surface area (Å²) in [4.78, 5) is 0. The molecule has 0 aromatic rings. The Labute approximate surface area is 81.6 Å². The summed E-state index contributed by atoms with van der Waals surface area (Å²) in [5.74, 6) is 0. The summed E-state index contributed by atoms with van der Waals surface area (Å²) in [6.45, 7) is 3.21. The van der Waals surface area contributed by atoms with E-state index in [1.54, 1.807) is 0 Å². The summed E-state index contributed by atoms with van der Waals surface area (Å²) in [5, 5.41) is 8.62. The highest BCUT2D eigenvalue weighted by molar-refractivity contribution is 4.39. The Morgan fingerprint density at radius 2 is 1.67 bits per heavy atom. The van der Waals surface area contributed by atoms with Gasteiger partial charge in [0.2, 0.25) is 0 Å². The van der Waals surface area contributed by atoms with Gasteiger partial charge in [0.1, 0.15) is 0 Å². The van der Waals surface area contributed by atoms with E-state index in [0.29, 0.717) is 6.61 Å². The molecule has 76 valence electrons. The smallest absolute Gasteiger partial charge is 0.0804 e. The van der Waals surface area contributed by atoms with E-state index in [1.165, 1.54) is 0 Å². The highest BCUT2D eigenvalue weighted by atomic mass is 35.5. The van der Waals surface area contributed by atoms with Crippen molar-refractivity contribution in [3.8, 4) is 0 Å². The number of aliphatic hydroxyl groups excluding tert-OH is 1. The number of hydrogen-bond acceptors (Lipinski definition) is 2. The van der Waals surface area contributed by atoms with Crippen LogP contribution in [0.3, 0.4) is 0 Å². The number of nitrogens with two attached hydrogens (primary N) is 1. The van der Waals surface area contributed by atoms with Gasteiger partial charge in [0.15, 0.2) is 0 Å². The Balaban J connectivity index is 0. The lowest BCUT2D eigenvalue weighted by molar-refractivity contribution is -0.890. The fraction of sp³-hybridized carbons (Fsp3) is 1.00. The molecule has 0 unspecified atom stereocenters. The van der Waals surface area contributed by atoms with Gasteiger partial charge in [-0.05, 0) is 6.54 Å². The van der Waals surface area contributed by atoms with E-state index in [1.807, 2.05) is 0 Å². The summed E-state index contributed by atoms with van der Waals surface area (Å²) in [7, 11) is 4.34. The molecule has 12 heavy (non-hydrogen) atoms. The van der Waals surface area contributed by atoms with Crippen LogP contribution in [-0.4, -0.2) is 49.9 Å². The lowest BCUT2D eigenvalue weighted by Gasteiger charge is -2.29. The van der Waals surface area contributed by atoms with Crippen molar-refractivity contribution < 1.29 is 22.0 Å². The van der Waals surface area contributed by atoms with Gasteiger partial charge in [-0.15, -0.1) is 0 Å². The predicted octanol–water partition coefficient (Wildman–Crippen LogP) is -3.20. The standard InChI is InChI=1S/C8H21N2O.ClH/c1-10(2,6-3-5-9)7-4-8-11;/h11H,3-9H2,1-2H3;1H/q+1;/p-1. The molecule has 0 aromatic heterocycles. The van der Waals surface area contributed by atoms with E-state index in [2.05, 4.69) is 14.1 Å². The summed E-state index contributed by atoms with van der Waals surface area (Å²) in [6, 6.07) is 0. The third-order valence-electron chi connectivity index (χ3n) is 1.89. The zero-order valence-electron chi connectivity index (χ0n) is 8.09. The van der Waals surface area contributed by atoms with E-state index >= 15 is 0 Å². The number of nitrogens with zero attached hydrogens (tertiary/aromatic N) is 1. The van der Waals surface area contributed by atoms with Gasteiger partial charge in [-0.3, -0.25) is 0 Å². The average molecular weight is 197 g/mol. The third kappa shape index (κ3) is 8.27. The van der Waals surface area contributed by atoms with Crippen LogP contribution >= 0.6 is 0 Å². The van der Waals surface area contributed by atoms with E-state index < -0.39 is 0 Å². The number of hydrogen-bond donors (Lipinski definition) is 2. The average Bonchev–Trinajstić information content (AvgIpc) is 1.97. The van der Waals surface area contributed by atoms with Crippen LogP contribution in [0.4, 0.5) is 0 Å². The molecule has 0 aliphatic rings. The molecule has 0 aliphatic carbocycles. The van der Waals surface area contributed by atoms with Crippen molar-refractivity contribution >= 4 is 0 Å². The molecule has 0 bridgehead atoms. The first-order valence-electron chi connectivity index (χ1n) is 4.25. The second-order valence-electron chi connectivity index (χ2n) is 3.60. The number of rotatable bonds is 6. The van der Waals surface area contributed by atoms with Gasteiger partial charge < -0.3 is 27.7 Å². The molecule has 0 amide bonds. The molecule has 0 radical (unpaired) electrons. The van der Waals surface area contributed by atoms with E-state index in [-0.39, 0.29) is 12.4 Å². The Bertz CT molecular complexity index is 89.1. The van der Waals surface area contributed by atoms with Crippen LogP contribution in [0.25, 0.3) is 0 Å². The van der Waals surface area contributed by atoms with Crippen molar-refractivity contribution in [1.82, 2.24) is 0 Å².